The molecule has 0 aliphatic heterocycles. The second kappa shape index (κ2) is 4.98. The number of nitrogens with one attached hydrogen (secondary N) is 1. The Bertz CT molecular complexity index is 223. The minimum absolute atomic E-state index is 0.0854. The van der Waals surface area contributed by atoms with Crippen molar-refractivity contribution < 1.29 is 14.7 Å². The van der Waals surface area contributed by atoms with Crippen LogP contribution >= 0.6 is 0 Å². The van der Waals surface area contributed by atoms with Gasteiger partial charge in [-0.05, 0) is 18.8 Å². The molecule has 0 aromatic rings. The standard InChI is InChI=1S/C10H17NO3/c1-7(10(13)14)5-9(12)11-6-8-3-2-4-8/h7-8H,2-6H2,1H3,(H,11,12)(H,13,14). The average Bonchev–Trinajstić information content (AvgIpc) is 2.00. The molecule has 1 saturated carbocycles. The first-order valence-corrected chi connectivity index (χ1v) is 5.09. The van der Waals surface area contributed by atoms with Crippen LogP contribution in [0.25, 0.3) is 0 Å². The van der Waals surface area contributed by atoms with Crippen molar-refractivity contribution in [2.24, 2.45) is 11.8 Å². The van der Waals surface area contributed by atoms with Crippen molar-refractivity contribution in [2.45, 2.75) is 32.6 Å². The van der Waals surface area contributed by atoms with Gasteiger partial charge in [0.05, 0.1) is 5.92 Å². The van der Waals surface area contributed by atoms with Crippen LogP contribution in [0.15, 0.2) is 0 Å². The van der Waals surface area contributed by atoms with Crippen LogP contribution in [0.3, 0.4) is 0 Å². The van der Waals surface area contributed by atoms with E-state index in [1.807, 2.05) is 0 Å². The second-order valence-corrected chi connectivity index (χ2v) is 4.04. The fraction of sp³-hybridized carbons (Fsp3) is 0.800. The lowest BCUT2D eigenvalue weighted by Crippen LogP contribution is -2.33. The molecule has 1 rings (SSSR count). The predicted octanol–water partition coefficient (Wildman–Crippen LogP) is 1.01. The van der Waals surface area contributed by atoms with Gasteiger partial charge < -0.3 is 10.4 Å². The van der Waals surface area contributed by atoms with Gasteiger partial charge in [0.2, 0.25) is 5.91 Å². The quantitative estimate of drug-likeness (QED) is 0.694. The molecule has 1 atom stereocenters. The first-order valence-electron chi connectivity index (χ1n) is 5.09. The Hall–Kier alpha value is -1.06. The lowest BCUT2D eigenvalue weighted by Gasteiger charge is -2.25. The molecule has 0 aromatic heterocycles. The minimum Gasteiger partial charge on any atom is -0.481 e. The van der Waals surface area contributed by atoms with Crippen molar-refractivity contribution in [1.82, 2.24) is 5.32 Å². The van der Waals surface area contributed by atoms with Crippen LogP contribution in [0.5, 0.6) is 0 Å². The van der Waals surface area contributed by atoms with Crippen molar-refractivity contribution in [3.63, 3.8) is 0 Å². The van der Waals surface area contributed by atoms with Gasteiger partial charge in [0.25, 0.3) is 0 Å². The van der Waals surface area contributed by atoms with Crippen molar-refractivity contribution >= 4 is 11.9 Å². The average molecular weight is 199 g/mol. The highest BCUT2D eigenvalue weighted by Crippen LogP contribution is 2.25. The molecule has 1 unspecified atom stereocenters. The lowest BCUT2D eigenvalue weighted by molar-refractivity contribution is -0.143. The summed E-state index contributed by atoms with van der Waals surface area (Å²) < 4.78 is 0. The molecule has 0 bridgehead atoms. The molecule has 2 N–H and O–H groups in total. The van der Waals surface area contributed by atoms with Gasteiger partial charge in [-0.3, -0.25) is 9.59 Å². The zero-order valence-corrected chi connectivity index (χ0v) is 8.45. The number of hydrogen-bond donors (Lipinski definition) is 2. The van der Waals surface area contributed by atoms with Gasteiger partial charge in [0.1, 0.15) is 0 Å². The van der Waals surface area contributed by atoms with E-state index in [4.69, 9.17) is 5.11 Å². The number of rotatable bonds is 5. The Morgan fingerprint density at radius 1 is 1.50 bits per heavy atom. The van der Waals surface area contributed by atoms with E-state index in [9.17, 15) is 9.59 Å². The van der Waals surface area contributed by atoms with Crippen molar-refractivity contribution in [3.8, 4) is 0 Å². The molecule has 4 nitrogen and oxygen atoms in total. The van der Waals surface area contributed by atoms with Crippen LogP contribution in [0.4, 0.5) is 0 Å². The Balaban J connectivity index is 2.11. The summed E-state index contributed by atoms with van der Waals surface area (Å²) in [5.41, 5.74) is 0. The fourth-order valence-electron chi connectivity index (χ4n) is 1.39. The summed E-state index contributed by atoms with van der Waals surface area (Å²) in [7, 11) is 0. The number of carbonyl (C=O) groups excluding carboxylic acids is 1. The molecule has 0 spiro atoms. The minimum atomic E-state index is -0.913. The molecule has 0 radical (unpaired) electrons. The third-order valence-electron chi connectivity index (χ3n) is 2.73. The van der Waals surface area contributed by atoms with Crippen molar-refractivity contribution in [2.75, 3.05) is 6.54 Å². The van der Waals surface area contributed by atoms with Gasteiger partial charge in [-0.15, -0.1) is 0 Å². The Labute approximate surface area is 83.7 Å². The maximum atomic E-state index is 11.2. The summed E-state index contributed by atoms with van der Waals surface area (Å²) in [4.78, 5) is 21.7. The van der Waals surface area contributed by atoms with Crippen LogP contribution < -0.4 is 5.32 Å². The lowest BCUT2D eigenvalue weighted by atomic mass is 9.85. The SMILES string of the molecule is CC(CC(=O)NCC1CCC1)C(=O)O. The topological polar surface area (TPSA) is 66.4 Å². The molecule has 0 saturated heterocycles. The predicted molar refractivity (Wildman–Crippen MR) is 51.8 cm³/mol. The van der Waals surface area contributed by atoms with Crippen LogP contribution in [0, 0.1) is 11.8 Å². The third kappa shape index (κ3) is 3.36. The molecule has 1 aliphatic rings. The van der Waals surface area contributed by atoms with Crippen molar-refractivity contribution in [1.29, 1.82) is 0 Å². The smallest absolute Gasteiger partial charge is 0.306 e. The van der Waals surface area contributed by atoms with Gasteiger partial charge in [-0.1, -0.05) is 13.3 Å². The van der Waals surface area contributed by atoms with Crippen LogP contribution in [0.1, 0.15) is 32.6 Å². The van der Waals surface area contributed by atoms with Crippen LogP contribution in [-0.2, 0) is 9.59 Å². The Morgan fingerprint density at radius 3 is 2.57 bits per heavy atom. The maximum absolute atomic E-state index is 11.2. The zero-order chi connectivity index (χ0) is 10.6. The Morgan fingerprint density at radius 2 is 2.14 bits per heavy atom. The van der Waals surface area contributed by atoms with Gasteiger partial charge in [-0.25, -0.2) is 0 Å². The number of carbonyl (C=O) groups is 2. The molecule has 1 amide bonds. The second-order valence-electron chi connectivity index (χ2n) is 4.04. The van der Waals surface area contributed by atoms with Gasteiger partial charge in [-0.2, -0.15) is 0 Å². The number of aliphatic carboxylic acids is 1. The molecule has 14 heavy (non-hydrogen) atoms. The first kappa shape index (κ1) is 11.0. The number of carboxylic acid groups (broad SMARTS) is 1. The number of amides is 1. The zero-order valence-electron chi connectivity index (χ0n) is 8.45. The molecule has 1 fully saturated rings. The summed E-state index contributed by atoms with van der Waals surface area (Å²) in [6, 6.07) is 0. The van der Waals surface area contributed by atoms with E-state index in [1.165, 1.54) is 19.3 Å². The van der Waals surface area contributed by atoms with Gasteiger partial charge >= 0.3 is 5.97 Å². The molecular formula is C10H17NO3. The maximum Gasteiger partial charge on any atom is 0.306 e. The first-order chi connectivity index (χ1) is 6.59. The van der Waals surface area contributed by atoms with E-state index in [0.29, 0.717) is 12.5 Å². The highest BCUT2D eigenvalue weighted by Gasteiger charge is 2.19. The molecular weight excluding hydrogens is 182 g/mol. The molecule has 1 aliphatic carbocycles. The number of hydrogen-bond acceptors (Lipinski definition) is 2. The summed E-state index contributed by atoms with van der Waals surface area (Å²) in [6.07, 6.45) is 3.72. The van der Waals surface area contributed by atoms with E-state index in [1.54, 1.807) is 6.92 Å². The summed E-state index contributed by atoms with van der Waals surface area (Å²) in [5, 5.41) is 11.4. The van der Waals surface area contributed by atoms with E-state index < -0.39 is 11.9 Å². The molecule has 4 heteroatoms. The Kier molecular flexibility index (Phi) is 3.92. The third-order valence-corrected chi connectivity index (χ3v) is 2.73. The van der Waals surface area contributed by atoms with Crippen LogP contribution in [-0.4, -0.2) is 23.5 Å². The summed E-state index contributed by atoms with van der Waals surface area (Å²) in [6.45, 7) is 2.26. The van der Waals surface area contributed by atoms with E-state index in [2.05, 4.69) is 5.32 Å². The van der Waals surface area contributed by atoms with E-state index in [-0.39, 0.29) is 12.3 Å². The summed E-state index contributed by atoms with van der Waals surface area (Å²) in [5.74, 6) is -1.02. The van der Waals surface area contributed by atoms with Crippen molar-refractivity contribution in [3.05, 3.63) is 0 Å². The molecule has 0 aromatic carbocycles. The van der Waals surface area contributed by atoms with Crippen LogP contribution in [0.2, 0.25) is 0 Å². The van der Waals surface area contributed by atoms with Gasteiger partial charge in [0, 0.05) is 13.0 Å². The summed E-state index contributed by atoms with van der Waals surface area (Å²) >= 11 is 0. The molecule has 0 heterocycles. The van der Waals surface area contributed by atoms with Gasteiger partial charge in [0.15, 0.2) is 0 Å². The number of carboxylic acids is 1. The normalized spacial score (nSPS) is 18.4. The van der Waals surface area contributed by atoms with E-state index in [0.717, 1.165) is 0 Å². The van der Waals surface area contributed by atoms with E-state index >= 15 is 0 Å². The molecule has 80 valence electrons. The fourth-order valence-corrected chi connectivity index (χ4v) is 1.39. The largest absolute Gasteiger partial charge is 0.481 e. The monoisotopic (exact) mass is 199 g/mol. The highest BCUT2D eigenvalue weighted by molar-refractivity contribution is 5.81. The highest BCUT2D eigenvalue weighted by atomic mass is 16.4.